The molecule has 6 heteroatoms. The third-order valence-corrected chi connectivity index (χ3v) is 6.22. The van der Waals surface area contributed by atoms with E-state index in [9.17, 15) is 9.59 Å². The lowest BCUT2D eigenvalue weighted by molar-refractivity contribution is 0.0236. The Balaban J connectivity index is 1.96. The van der Waals surface area contributed by atoms with Crippen molar-refractivity contribution in [1.29, 1.82) is 0 Å². The first kappa shape index (κ1) is 26.3. The molecule has 1 fully saturated rings. The number of likely N-dealkylation sites (tertiary alicyclic amines) is 1. The molecule has 1 aliphatic rings. The summed E-state index contributed by atoms with van der Waals surface area (Å²) in [4.78, 5) is 29.0. The summed E-state index contributed by atoms with van der Waals surface area (Å²) < 4.78 is 11.3. The molecule has 2 amide bonds. The predicted molar refractivity (Wildman–Crippen MR) is 140 cm³/mol. The number of hydrogen-bond acceptors (Lipinski definition) is 4. The molecule has 0 radical (unpaired) electrons. The normalized spacial score (nSPS) is 13.9. The lowest BCUT2D eigenvalue weighted by Crippen LogP contribution is -2.40. The van der Waals surface area contributed by atoms with Gasteiger partial charge in [0.25, 0.3) is 5.91 Å². The lowest BCUT2D eigenvalue weighted by Gasteiger charge is -2.32. The summed E-state index contributed by atoms with van der Waals surface area (Å²) in [6, 6.07) is 15.8. The Labute approximate surface area is 209 Å². The Kier molecular flexibility index (Phi) is 8.60. The standard InChI is InChI=1S/C29H38N2O4/c1-7-30(8-2)27(32)23-15-13-21(14-16-23)26(24-11-9-10-12-25(24)34-6)22-17-19-31(20-18-22)28(33)35-29(3,4)5/h9-16H,7-8,17-20H2,1-6H3. The van der Waals surface area contributed by atoms with Crippen LogP contribution >= 0.6 is 0 Å². The van der Waals surface area contributed by atoms with Crippen molar-refractivity contribution in [2.45, 2.75) is 53.1 Å². The molecule has 35 heavy (non-hydrogen) atoms. The molecule has 0 unspecified atom stereocenters. The Morgan fingerprint density at radius 1 is 0.914 bits per heavy atom. The van der Waals surface area contributed by atoms with Gasteiger partial charge >= 0.3 is 6.09 Å². The summed E-state index contributed by atoms with van der Waals surface area (Å²) in [5.41, 5.74) is 4.58. The fourth-order valence-corrected chi connectivity index (χ4v) is 4.41. The minimum atomic E-state index is -0.514. The molecular weight excluding hydrogens is 440 g/mol. The molecule has 2 aromatic carbocycles. The third kappa shape index (κ3) is 6.44. The van der Waals surface area contributed by atoms with Crippen LogP contribution in [0.2, 0.25) is 0 Å². The summed E-state index contributed by atoms with van der Waals surface area (Å²) in [5, 5.41) is 0. The minimum Gasteiger partial charge on any atom is -0.496 e. The number of para-hydroxylation sites is 1. The highest BCUT2D eigenvalue weighted by Crippen LogP contribution is 2.37. The Bertz CT molecular complexity index is 1050. The molecule has 0 saturated carbocycles. The van der Waals surface area contributed by atoms with Crippen molar-refractivity contribution >= 4 is 17.6 Å². The molecular formula is C29H38N2O4. The van der Waals surface area contributed by atoms with Gasteiger partial charge < -0.3 is 19.3 Å². The van der Waals surface area contributed by atoms with E-state index in [0.29, 0.717) is 31.7 Å². The van der Waals surface area contributed by atoms with Crippen molar-refractivity contribution in [1.82, 2.24) is 9.80 Å². The number of piperidine rings is 1. The number of methoxy groups -OCH3 is 1. The average Bonchev–Trinajstić information content (AvgIpc) is 2.85. The monoisotopic (exact) mass is 478 g/mol. The van der Waals surface area contributed by atoms with E-state index in [4.69, 9.17) is 9.47 Å². The van der Waals surface area contributed by atoms with E-state index in [-0.39, 0.29) is 12.0 Å². The number of benzene rings is 2. The van der Waals surface area contributed by atoms with E-state index < -0.39 is 5.60 Å². The summed E-state index contributed by atoms with van der Waals surface area (Å²) in [5.74, 6) is 0.839. The molecule has 0 bridgehead atoms. The topological polar surface area (TPSA) is 59.1 Å². The maximum absolute atomic E-state index is 12.8. The van der Waals surface area contributed by atoms with Gasteiger partial charge in [0.05, 0.1) is 7.11 Å². The maximum atomic E-state index is 12.8. The van der Waals surface area contributed by atoms with Crippen LogP contribution in [0.25, 0.3) is 5.57 Å². The first-order chi connectivity index (χ1) is 16.7. The highest BCUT2D eigenvalue weighted by atomic mass is 16.6. The molecule has 0 aliphatic carbocycles. The van der Waals surface area contributed by atoms with E-state index in [1.165, 1.54) is 5.57 Å². The summed E-state index contributed by atoms with van der Waals surface area (Å²) in [6.07, 6.45) is 1.22. The highest BCUT2D eigenvalue weighted by molar-refractivity contribution is 5.95. The zero-order valence-electron chi connectivity index (χ0n) is 21.9. The largest absolute Gasteiger partial charge is 0.496 e. The molecule has 1 aliphatic heterocycles. The van der Waals surface area contributed by atoms with E-state index in [0.717, 1.165) is 35.3 Å². The second-order valence-electron chi connectivity index (χ2n) is 9.70. The van der Waals surface area contributed by atoms with Crippen LogP contribution in [0.15, 0.2) is 54.1 Å². The van der Waals surface area contributed by atoms with Crippen molar-refractivity contribution in [2.24, 2.45) is 0 Å². The van der Waals surface area contributed by atoms with Crippen molar-refractivity contribution in [3.05, 3.63) is 70.8 Å². The summed E-state index contributed by atoms with van der Waals surface area (Å²) in [6.45, 7) is 12.2. The fourth-order valence-electron chi connectivity index (χ4n) is 4.41. The second-order valence-corrected chi connectivity index (χ2v) is 9.70. The molecule has 1 heterocycles. The van der Waals surface area contributed by atoms with Gasteiger partial charge in [-0.25, -0.2) is 4.79 Å². The predicted octanol–water partition coefficient (Wildman–Crippen LogP) is 6.01. The first-order valence-electron chi connectivity index (χ1n) is 12.4. The summed E-state index contributed by atoms with van der Waals surface area (Å²) >= 11 is 0. The van der Waals surface area contributed by atoms with E-state index >= 15 is 0 Å². The van der Waals surface area contributed by atoms with Crippen LogP contribution in [-0.4, -0.2) is 60.7 Å². The van der Waals surface area contributed by atoms with Crippen molar-refractivity contribution in [2.75, 3.05) is 33.3 Å². The van der Waals surface area contributed by atoms with Gasteiger partial charge in [0.15, 0.2) is 0 Å². The molecule has 6 nitrogen and oxygen atoms in total. The summed E-state index contributed by atoms with van der Waals surface area (Å²) in [7, 11) is 1.68. The Morgan fingerprint density at radius 2 is 1.49 bits per heavy atom. The van der Waals surface area contributed by atoms with Crippen LogP contribution in [0.4, 0.5) is 4.79 Å². The third-order valence-electron chi connectivity index (χ3n) is 6.22. The SMILES string of the molecule is CCN(CC)C(=O)c1ccc(C(=C2CCN(C(=O)OC(C)(C)C)CC2)c2ccccc2OC)cc1. The van der Waals surface area contributed by atoms with Crippen LogP contribution in [-0.2, 0) is 4.74 Å². The Morgan fingerprint density at radius 3 is 2.03 bits per heavy atom. The van der Waals surface area contributed by atoms with E-state index in [2.05, 4.69) is 6.07 Å². The zero-order valence-corrected chi connectivity index (χ0v) is 21.9. The quantitative estimate of drug-likeness (QED) is 0.510. The van der Waals surface area contributed by atoms with Crippen molar-refractivity contribution < 1.29 is 19.1 Å². The van der Waals surface area contributed by atoms with Crippen LogP contribution in [0.5, 0.6) is 5.75 Å². The first-order valence-corrected chi connectivity index (χ1v) is 12.4. The number of ether oxygens (including phenoxy) is 2. The van der Waals surface area contributed by atoms with Crippen molar-refractivity contribution in [3.8, 4) is 5.75 Å². The van der Waals surface area contributed by atoms with E-state index in [1.54, 1.807) is 12.0 Å². The average molecular weight is 479 g/mol. The number of nitrogens with zero attached hydrogens (tertiary/aromatic N) is 2. The number of amides is 2. The van der Waals surface area contributed by atoms with E-state index in [1.807, 2.05) is 82.0 Å². The smallest absolute Gasteiger partial charge is 0.410 e. The number of rotatable bonds is 6. The molecule has 2 aromatic rings. The zero-order chi connectivity index (χ0) is 25.6. The van der Waals surface area contributed by atoms with Gasteiger partial charge in [0.1, 0.15) is 11.4 Å². The van der Waals surface area contributed by atoms with Gasteiger partial charge in [-0.05, 0) is 76.8 Å². The molecule has 3 rings (SSSR count). The maximum Gasteiger partial charge on any atom is 0.410 e. The Hall–Kier alpha value is -3.28. The van der Waals surface area contributed by atoms with Gasteiger partial charge in [-0.15, -0.1) is 0 Å². The van der Waals surface area contributed by atoms with Crippen LogP contribution in [0.1, 0.15) is 68.9 Å². The van der Waals surface area contributed by atoms with Gasteiger partial charge in [-0.3, -0.25) is 4.79 Å². The fraction of sp³-hybridized carbons (Fsp3) is 0.448. The minimum absolute atomic E-state index is 0.0405. The molecule has 0 atom stereocenters. The molecule has 0 N–H and O–H groups in total. The van der Waals surface area contributed by atoms with Crippen LogP contribution < -0.4 is 4.74 Å². The van der Waals surface area contributed by atoms with Crippen LogP contribution in [0, 0.1) is 0 Å². The van der Waals surface area contributed by atoms with Gasteiger partial charge in [0.2, 0.25) is 0 Å². The molecule has 188 valence electrons. The van der Waals surface area contributed by atoms with Crippen molar-refractivity contribution in [3.63, 3.8) is 0 Å². The molecule has 1 saturated heterocycles. The molecule has 0 spiro atoms. The molecule has 0 aromatic heterocycles. The number of carbonyl (C=O) groups excluding carboxylic acids is 2. The highest BCUT2D eigenvalue weighted by Gasteiger charge is 2.27. The number of hydrogen-bond donors (Lipinski definition) is 0. The number of carbonyl (C=O) groups is 2. The second kappa shape index (κ2) is 11.4. The van der Waals surface area contributed by atoms with Crippen LogP contribution in [0.3, 0.4) is 0 Å². The van der Waals surface area contributed by atoms with Gasteiger partial charge in [0, 0.05) is 37.3 Å². The van der Waals surface area contributed by atoms with Gasteiger partial charge in [-0.2, -0.15) is 0 Å². The van der Waals surface area contributed by atoms with Gasteiger partial charge in [-0.1, -0.05) is 35.9 Å². The lowest BCUT2D eigenvalue weighted by atomic mass is 9.87.